The van der Waals surface area contributed by atoms with E-state index in [1.54, 1.807) is 6.21 Å². The van der Waals surface area contributed by atoms with Crippen LogP contribution in [0.2, 0.25) is 5.02 Å². The van der Waals surface area contributed by atoms with E-state index in [0.29, 0.717) is 10.7 Å². The summed E-state index contributed by atoms with van der Waals surface area (Å²) >= 11 is 9.56. The van der Waals surface area contributed by atoms with Crippen molar-refractivity contribution < 1.29 is 4.79 Å². The number of fused-ring (bicyclic) bond motifs is 1. The molecule has 1 aromatic heterocycles. The minimum absolute atomic E-state index is 0.320. The standard InChI is InChI=1S/C22H15BrClN3O/c23-16-10-8-14(9-11-16)13-25-27-22(28)21-20(15-4-3-5-17(24)12-15)18-6-1-2-7-19(18)26-21/h1-13,26H,(H,27,28)/b25-13-. The SMILES string of the molecule is O=C(N/N=C\c1ccc(Br)cc1)c1[nH]c2ccccc2c1-c1cccc(Cl)c1. The van der Waals surface area contributed by atoms with Gasteiger partial charge in [0, 0.05) is 26.0 Å². The molecule has 0 aliphatic rings. The molecule has 0 aliphatic heterocycles. The number of nitrogens with zero attached hydrogens (tertiary/aromatic N) is 1. The zero-order valence-corrected chi connectivity index (χ0v) is 17.0. The van der Waals surface area contributed by atoms with Gasteiger partial charge in [0.15, 0.2) is 0 Å². The first-order valence-electron chi connectivity index (χ1n) is 8.57. The first kappa shape index (κ1) is 18.5. The van der Waals surface area contributed by atoms with E-state index in [1.807, 2.05) is 72.8 Å². The molecule has 0 saturated heterocycles. The Bertz CT molecular complexity index is 1180. The molecule has 1 amide bonds. The highest BCUT2D eigenvalue weighted by Gasteiger charge is 2.19. The van der Waals surface area contributed by atoms with E-state index in [1.165, 1.54) is 0 Å². The molecular formula is C22H15BrClN3O. The second kappa shape index (κ2) is 8.00. The van der Waals surface area contributed by atoms with Crippen molar-refractivity contribution in [1.82, 2.24) is 10.4 Å². The van der Waals surface area contributed by atoms with Gasteiger partial charge in [0.1, 0.15) is 5.69 Å². The third kappa shape index (κ3) is 3.86. The molecule has 4 nitrogen and oxygen atoms in total. The lowest BCUT2D eigenvalue weighted by molar-refractivity contribution is 0.0951. The molecule has 4 rings (SSSR count). The first-order valence-corrected chi connectivity index (χ1v) is 9.74. The topological polar surface area (TPSA) is 57.2 Å². The van der Waals surface area contributed by atoms with Crippen molar-refractivity contribution in [1.29, 1.82) is 0 Å². The molecule has 0 fully saturated rings. The Labute approximate surface area is 175 Å². The molecular weight excluding hydrogens is 438 g/mol. The number of nitrogens with one attached hydrogen (secondary N) is 2. The van der Waals surface area contributed by atoms with Gasteiger partial charge in [0.2, 0.25) is 0 Å². The third-order valence-corrected chi connectivity index (χ3v) is 5.06. The van der Waals surface area contributed by atoms with E-state index in [2.05, 4.69) is 31.4 Å². The van der Waals surface area contributed by atoms with Crippen LogP contribution < -0.4 is 5.43 Å². The highest BCUT2D eigenvalue weighted by molar-refractivity contribution is 9.10. The zero-order valence-electron chi connectivity index (χ0n) is 14.6. The van der Waals surface area contributed by atoms with Crippen molar-refractivity contribution in [3.63, 3.8) is 0 Å². The molecule has 0 aliphatic carbocycles. The largest absolute Gasteiger partial charge is 0.350 e. The molecule has 4 aromatic rings. The normalized spacial score (nSPS) is 11.2. The maximum absolute atomic E-state index is 12.8. The number of aromatic nitrogens is 1. The van der Waals surface area contributed by atoms with Crippen LogP contribution in [-0.4, -0.2) is 17.1 Å². The molecule has 0 radical (unpaired) electrons. The Morgan fingerprint density at radius 3 is 2.61 bits per heavy atom. The molecule has 0 bridgehead atoms. The molecule has 1 heterocycles. The predicted molar refractivity (Wildman–Crippen MR) is 118 cm³/mol. The van der Waals surface area contributed by atoms with E-state index in [0.717, 1.165) is 32.1 Å². The van der Waals surface area contributed by atoms with Crippen LogP contribution in [0.4, 0.5) is 0 Å². The number of rotatable bonds is 4. The summed E-state index contributed by atoms with van der Waals surface area (Å²) in [5, 5.41) is 5.65. The molecule has 0 spiro atoms. The van der Waals surface area contributed by atoms with Crippen LogP contribution in [-0.2, 0) is 0 Å². The van der Waals surface area contributed by atoms with Crippen molar-refractivity contribution in [2.45, 2.75) is 0 Å². The summed E-state index contributed by atoms with van der Waals surface area (Å²) in [5.74, 6) is -0.320. The highest BCUT2D eigenvalue weighted by Crippen LogP contribution is 2.33. The van der Waals surface area contributed by atoms with Gasteiger partial charge in [-0.3, -0.25) is 4.79 Å². The number of amides is 1. The molecule has 0 atom stereocenters. The quantitative estimate of drug-likeness (QED) is 0.289. The van der Waals surface area contributed by atoms with Gasteiger partial charge in [-0.1, -0.05) is 70.0 Å². The van der Waals surface area contributed by atoms with E-state index in [9.17, 15) is 4.79 Å². The van der Waals surface area contributed by atoms with Gasteiger partial charge >= 0.3 is 0 Å². The van der Waals surface area contributed by atoms with Crippen LogP contribution in [0, 0.1) is 0 Å². The van der Waals surface area contributed by atoms with Crippen molar-refractivity contribution in [2.75, 3.05) is 0 Å². The second-order valence-corrected chi connectivity index (χ2v) is 7.53. The molecule has 138 valence electrons. The Morgan fingerprint density at radius 1 is 1.04 bits per heavy atom. The summed E-state index contributed by atoms with van der Waals surface area (Å²) in [5.41, 5.74) is 6.47. The van der Waals surface area contributed by atoms with Crippen LogP contribution in [0.25, 0.3) is 22.0 Å². The van der Waals surface area contributed by atoms with Crippen molar-refractivity contribution in [2.24, 2.45) is 5.10 Å². The lowest BCUT2D eigenvalue weighted by Crippen LogP contribution is -2.18. The summed E-state index contributed by atoms with van der Waals surface area (Å²) in [6.07, 6.45) is 1.60. The molecule has 2 N–H and O–H groups in total. The van der Waals surface area contributed by atoms with Gasteiger partial charge < -0.3 is 4.98 Å². The van der Waals surface area contributed by atoms with E-state index in [4.69, 9.17) is 11.6 Å². The second-order valence-electron chi connectivity index (χ2n) is 6.18. The molecule has 28 heavy (non-hydrogen) atoms. The molecule has 0 unspecified atom stereocenters. The van der Waals surface area contributed by atoms with Gasteiger partial charge in [-0.2, -0.15) is 5.10 Å². The minimum atomic E-state index is -0.320. The summed E-state index contributed by atoms with van der Waals surface area (Å²) in [6, 6.07) is 22.9. The van der Waals surface area contributed by atoms with Crippen LogP contribution >= 0.6 is 27.5 Å². The number of hydrogen-bond acceptors (Lipinski definition) is 2. The minimum Gasteiger partial charge on any atom is -0.350 e. The summed E-state index contributed by atoms with van der Waals surface area (Å²) < 4.78 is 0.984. The lowest BCUT2D eigenvalue weighted by atomic mass is 10.0. The number of H-pyrrole nitrogens is 1. The third-order valence-electron chi connectivity index (χ3n) is 4.30. The van der Waals surface area contributed by atoms with Crippen LogP contribution in [0.5, 0.6) is 0 Å². The number of halogens is 2. The zero-order chi connectivity index (χ0) is 19.5. The lowest BCUT2D eigenvalue weighted by Gasteiger charge is -2.05. The van der Waals surface area contributed by atoms with Crippen LogP contribution in [0.15, 0.2) is 82.4 Å². The Balaban J connectivity index is 1.68. The maximum atomic E-state index is 12.8. The number of benzene rings is 3. The van der Waals surface area contributed by atoms with E-state index >= 15 is 0 Å². The Morgan fingerprint density at radius 2 is 1.82 bits per heavy atom. The number of hydrazone groups is 1. The number of aromatic amines is 1. The van der Waals surface area contributed by atoms with Gasteiger partial charge in [0.05, 0.1) is 6.21 Å². The predicted octanol–water partition coefficient (Wildman–Crippen LogP) is 6.01. The Kier molecular flexibility index (Phi) is 5.28. The average Bonchev–Trinajstić information content (AvgIpc) is 3.09. The van der Waals surface area contributed by atoms with Crippen molar-refractivity contribution in [3.8, 4) is 11.1 Å². The maximum Gasteiger partial charge on any atom is 0.288 e. The number of para-hydroxylation sites is 1. The fourth-order valence-electron chi connectivity index (χ4n) is 3.03. The van der Waals surface area contributed by atoms with Crippen molar-refractivity contribution >= 4 is 50.6 Å². The molecule has 3 aromatic carbocycles. The number of hydrogen-bond donors (Lipinski definition) is 2. The first-order chi connectivity index (χ1) is 13.6. The average molecular weight is 453 g/mol. The molecule has 6 heteroatoms. The fraction of sp³-hybridized carbons (Fsp3) is 0. The summed E-state index contributed by atoms with van der Waals surface area (Å²) in [6.45, 7) is 0. The van der Waals surface area contributed by atoms with Gasteiger partial charge in [-0.05, 0) is 41.5 Å². The van der Waals surface area contributed by atoms with E-state index in [-0.39, 0.29) is 5.91 Å². The number of carbonyl (C=O) groups excluding carboxylic acids is 1. The van der Waals surface area contributed by atoms with Crippen LogP contribution in [0.3, 0.4) is 0 Å². The smallest absolute Gasteiger partial charge is 0.288 e. The monoisotopic (exact) mass is 451 g/mol. The summed E-state index contributed by atoms with van der Waals surface area (Å²) in [4.78, 5) is 16.0. The van der Waals surface area contributed by atoms with Crippen LogP contribution in [0.1, 0.15) is 16.1 Å². The fourth-order valence-corrected chi connectivity index (χ4v) is 3.48. The molecule has 0 saturated carbocycles. The van der Waals surface area contributed by atoms with Gasteiger partial charge in [-0.15, -0.1) is 0 Å². The summed E-state index contributed by atoms with van der Waals surface area (Å²) in [7, 11) is 0. The van der Waals surface area contributed by atoms with E-state index < -0.39 is 0 Å². The highest BCUT2D eigenvalue weighted by atomic mass is 79.9. The van der Waals surface area contributed by atoms with Gasteiger partial charge in [-0.25, -0.2) is 5.43 Å². The Hall–Kier alpha value is -2.89. The van der Waals surface area contributed by atoms with Gasteiger partial charge in [0.25, 0.3) is 5.91 Å². The van der Waals surface area contributed by atoms with Crippen molar-refractivity contribution in [3.05, 3.63) is 93.5 Å². The number of carbonyl (C=O) groups is 1.